The first kappa shape index (κ1) is 8.32. The Labute approximate surface area is 82.1 Å². The molecule has 0 saturated heterocycles. The molecule has 0 aromatic rings. The van der Waals surface area contributed by atoms with E-state index in [-0.39, 0.29) is 0 Å². The van der Waals surface area contributed by atoms with Gasteiger partial charge in [-0.3, -0.25) is 0 Å². The van der Waals surface area contributed by atoms with Gasteiger partial charge in [-0.25, -0.2) is 0 Å². The molecular weight excluding hydrogens is 156 g/mol. The second-order valence-corrected chi connectivity index (χ2v) is 5.74. The average Bonchev–Trinajstić information content (AvgIpc) is 2.51. The largest absolute Gasteiger partial charge is 0.0530 e. The fourth-order valence-electron chi connectivity index (χ4n) is 4.48. The molecule has 3 aliphatic rings. The average molecular weight is 178 g/mol. The molecule has 0 heterocycles. The topological polar surface area (TPSA) is 0 Å². The summed E-state index contributed by atoms with van der Waals surface area (Å²) in [6.45, 7) is 0. The minimum absolute atomic E-state index is 1.15. The Morgan fingerprint density at radius 3 is 2.38 bits per heavy atom. The van der Waals surface area contributed by atoms with Crippen molar-refractivity contribution in [2.24, 2.45) is 23.7 Å². The fraction of sp³-hybridized carbons (Fsp3) is 1.00. The third-order valence-corrected chi connectivity index (χ3v) is 5.04. The molecule has 0 amide bonds. The maximum Gasteiger partial charge on any atom is -0.0355 e. The van der Waals surface area contributed by atoms with E-state index in [0.717, 1.165) is 11.8 Å². The van der Waals surface area contributed by atoms with Crippen LogP contribution in [0.3, 0.4) is 0 Å². The molecule has 3 rings (SSSR count). The lowest BCUT2D eigenvalue weighted by molar-refractivity contribution is 0.165. The SMILES string of the molecule is C1CCC2CCCC3CC(C1)CC23. The molecule has 0 spiro atoms. The van der Waals surface area contributed by atoms with Gasteiger partial charge in [-0.2, -0.15) is 0 Å². The minimum Gasteiger partial charge on any atom is -0.0530 e. The van der Waals surface area contributed by atoms with Crippen LogP contribution in [0.4, 0.5) is 0 Å². The van der Waals surface area contributed by atoms with Gasteiger partial charge in [0, 0.05) is 0 Å². The molecule has 0 aromatic heterocycles. The Kier molecular flexibility index (Phi) is 2.11. The molecule has 13 heavy (non-hydrogen) atoms. The normalized spacial score (nSPS) is 49.8. The van der Waals surface area contributed by atoms with Crippen molar-refractivity contribution in [3.8, 4) is 0 Å². The highest BCUT2D eigenvalue weighted by Crippen LogP contribution is 2.51. The lowest BCUT2D eigenvalue weighted by Crippen LogP contribution is -2.24. The van der Waals surface area contributed by atoms with Crippen molar-refractivity contribution in [3.63, 3.8) is 0 Å². The van der Waals surface area contributed by atoms with Crippen molar-refractivity contribution in [2.75, 3.05) is 0 Å². The Morgan fingerprint density at radius 1 is 0.615 bits per heavy atom. The molecule has 3 saturated carbocycles. The molecule has 0 radical (unpaired) electrons. The number of rotatable bonds is 0. The van der Waals surface area contributed by atoms with Gasteiger partial charge in [0.05, 0.1) is 0 Å². The van der Waals surface area contributed by atoms with Gasteiger partial charge < -0.3 is 0 Å². The maximum atomic E-state index is 1.62. The van der Waals surface area contributed by atoms with E-state index in [2.05, 4.69) is 0 Å². The van der Waals surface area contributed by atoms with Gasteiger partial charge in [-0.05, 0) is 36.5 Å². The molecule has 0 nitrogen and oxygen atoms in total. The van der Waals surface area contributed by atoms with Gasteiger partial charge in [-0.1, -0.05) is 44.9 Å². The molecule has 74 valence electrons. The third kappa shape index (κ3) is 1.43. The Balaban J connectivity index is 1.80. The van der Waals surface area contributed by atoms with Crippen LogP contribution in [0.5, 0.6) is 0 Å². The first-order valence-electron chi connectivity index (χ1n) is 6.43. The summed E-state index contributed by atoms with van der Waals surface area (Å²) in [6, 6.07) is 0. The summed E-state index contributed by atoms with van der Waals surface area (Å²) in [7, 11) is 0. The van der Waals surface area contributed by atoms with E-state index in [1.165, 1.54) is 11.8 Å². The van der Waals surface area contributed by atoms with Gasteiger partial charge >= 0.3 is 0 Å². The van der Waals surface area contributed by atoms with Crippen LogP contribution < -0.4 is 0 Å². The predicted octanol–water partition coefficient (Wildman–Crippen LogP) is 4.00. The van der Waals surface area contributed by atoms with Crippen molar-refractivity contribution in [1.82, 2.24) is 0 Å². The van der Waals surface area contributed by atoms with Crippen LogP contribution in [0.25, 0.3) is 0 Å². The highest BCUT2D eigenvalue weighted by molar-refractivity contribution is 4.91. The molecule has 3 aliphatic carbocycles. The van der Waals surface area contributed by atoms with E-state index < -0.39 is 0 Å². The van der Waals surface area contributed by atoms with E-state index in [1.54, 1.807) is 57.8 Å². The summed E-state index contributed by atoms with van der Waals surface area (Å²) < 4.78 is 0. The van der Waals surface area contributed by atoms with Crippen molar-refractivity contribution in [3.05, 3.63) is 0 Å². The highest BCUT2D eigenvalue weighted by atomic mass is 14.5. The highest BCUT2D eigenvalue weighted by Gasteiger charge is 2.41. The fourth-order valence-corrected chi connectivity index (χ4v) is 4.48. The molecule has 0 aliphatic heterocycles. The number of hydrogen-bond acceptors (Lipinski definition) is 0. The van der Waals surface area contributed by atoms with Crippen LogP contribution in [0, 0.1) is 23.7 Å². The zero-order valence-electron chi connectivity index (χ0n) is 8.67. The van der Waals surface area contributed by atoms with Crippen molar-refractivity contribution in [2.45, 2.75) is 57.8 Å². The van der Waals surface area contributed by atoms with E-state index >= 15 is 0 Å². The third-order valence-electron chi connectivity index (χ3n) is 5.04. The molecule has 0 N–H and O–H groups in total. The van der Waals surface area contributed by atoms with Gasteiger partial charge in [-0.15, -0.1) is 0 Å². The summed E-state index contributed by atoms with van der Waals surface area (Å²) >= 11 is 0. The van der Waals surface area contributed by atoms with Crippen LogP contribution >= 0.6 is 0 Å². The maximum absolute atomic E-state index is 1.62. The number of hydrogen-bond donors (Lipinski definition) is 0. The molecule has 4 unspecified atom stereocenters. The molecule has 0 aromatic carbocycles. The second-order valence-electron chi connectivity index (χ2n) is 5.74. The molecule has 4 atom stereocenters. The monoisotopic (exact) mass is 178 g/mol. The minimum atomic E-state index is 1.15. The van der Waals surface area contributed by atoms with E-state index in [1.807, 2.05) is 0 Å². The first-order valence-corrected chi connectivity index (χ1v) is 6.43. The lowest BCUT2D eigenvalue weighted by atomic mass is 9.71. The van der Waals surface area contributed by atoms with Crippen molar-refractivity contribution in [1.29, 1.82) is 0 Å². The zero-order valence-corrected chi connectivity index (χ0v) is 8.67. The standard InChI is InChI=1S/C13H22/c1-2-5-11-6-3-7-12-8-10(4-1)9-13(11)12/h10-13H,1-9H2. The van der Waals surface area contributed by atoms with Crippen LogP contribution in [0.15, 0.2) is 0 Å². The summed E-state index contributed by atoms with van der Waals surface area (Å²) in [5, 5.41) is 0. The van der Waals surface area contributed by atoms with Gasteiger partial charge in [0.25, 0.3) is 0 Å². The smallest absolute Gasteiger partial charge is 0.0355 e. The molecule has 3 fully saturated rings. The zero-order chi connectivity index (χ0) is 8.67. The van der Waals surface area contributed by atoms with Crippen LogP contribution in [0.2, 0.25) is 0 Å². The molecule has 2 bridgehead atoms. The molecular formula is C13H22. The summed E-state index contributed by atoms with van der Waals surface area (Å²) in [5.74, 6) is 4.65. The lowest BCUT2D eigenvalue weighted by Gasteiger charge is -2.34. The summed E-state index contributed by atoms with van der Waals surface area (Å²) in [4.78, 5) is 0. The Bertz CT molecular complexity index is 184. The van der Waals surface area contributed by atoms with E-state index in [0.29, 0.717) is 0 Å². The Hall–Kier alpha value is 0. The summed E-state index contributed by atoms with van der Waals surface area (Å²) in [6.07, 6.45) is 14.2. The van der Waals surface area contributed by atoms with E-state index in [4.69, 9.17) is 0 Å². The quantitative estimate of drug-likeness (QED) is 0.526. The van der Waals surface area contributed by atoms with Crippen LogP contribution in [-0.2, 0) is 0 Å². The van der Waals surface area contributed by atoms with Crippen molar-refractivity contribution >= 4 is 0 Å². The number of fused-ring (bicyclic) bond motifs is 1. The van der Waals surface area contributed by atoms with Crippen LogP contribution in [0.1, 0.15) is 57.8 Å². The van der Waals surface area contributed by atoms with Gasteiger partial charge in [0.2, 0.25) is 0 Å². The van der Waals surface area contributed by atoms with E-state index in [9.17, 15) is 0 Å². The first-order chi connectivity index (χ1) is 6.43. The van der Waals surface area contributed by atoms with Crippen molar-refractivity contribution < 1.29 is 0 Å². The molecule has 0 heteroatoms. The van der Waals surface area contributed by atoms with Gasteiger partial charge in [0.15, 0.2) is 0 Å². The summed E-state index contributed by atoms with van der Waals surface area (Å²) in [5.41, 5.74) is 0. The second kappa shape index (κ2) is 3.29. The van der Waals surface area contributed by atoms with Crippen LogP contribution in [-0.4, -0.2) is 0 Å². The predicted molar refractivity (Wildman–Crippen MR) is 55.5 cm³/mol. The van der Waals surface area contributed by atoms with Gasteiger partial charge in [0.1, 0.15) is 0 Å². The Morgan fingerprint density at radius 2 is 1.38 bits per heavy atom.